The van der Waals surface area contributed by atoms with Crippen molar-refractivity contribution in [2.24, 2.45) is 0 Å². The van der Waals surface area contributed by atoms with Crippen molar-refractivity contribution in [3.63, 3.8) is 0 Å². The fraction of sp³-hybridized carbons (Fsp3) is 0.385. The summed E-state index contributed by atoms with van der Waals surface area (Å²) in [6, 6.07) is 4.71. The van der Waals surface area contributed by atoms with Gasteiger partial charge < -0.3 is 14.4 Å². The molecule has 0 saturated heterocycles. The molecule has 0 bridgehead atoms. The van der Waals surface area contributed by atoms with Gasteiger partial charge in [-0.05, 0) is 25.1 Å². The monoisotopic (exact) mass is 319 g/mol. The lowest BCUT2D eigenvalue weighted by Gasteiger charge is -2.21. The van der Waals surface area contributed by atoms with Gasteiger partial charge in [-0.1, -0.05) is 23.2 Å². The smallest absolute Gasteiger partial charge is 0.325 e. The third-order valence-electron chi connectivity index (χ3n) is 2.52. The Bertz CT molecular complexity index is 507. The first kappa shape index (κ1) is 16.6. The zero-order chi connectivity index (χ0) is 15.3. The number of halogens is 2. The summed E-state index contributed by atoms with van der Waals surface area (Å²) in [6.45, 7) is 1.43. The van der Waals surface area contributed by atoms with E-state index in [-0.39, 0.29) is 12.5 Å². The van der Waals surface area contributed by atoms with Gasteiger partial charge >= 0.3 is 5.97 Å². The molecule has 1 unspecified atom stereocenters. The zero-order valence-electron chi connectivity index (χ0n) is 11.4. The number of ether oxygens (including phenoxy) is 2. The summed E-state index contributed by atoms with van der Waals surface area (Å²) in [7, 11) is 2.75. The van der Waals surface area contributed by atoms with Gasteiger partial charge in [-0.2, -0.15) is 0 Å². The zero-order valence-corrected chi connectivity index (χ0v) is 12.9. The highest BCUT2D eigenvalue weighted by Gasteiger charge is 2.22. The molecule has 7 heteroatoms. The molecule has 1 aromatic carbocycles. The Morgan fingerprint density at radius 3 is 2.55 bits per heavy atom. The Morgan fingerprint density at radius 1 is 1.35 bits per heavy atom. The van der Waals surface area contributed by atoms with Crippen LogP contribution < -0.4 is 4.74 Å². The molecule has 0 aliphatic heterocycles. The van der Waals surface area contributed by atoms with Gasteiger partial charge in [-0.15, -0.1) is 0 Å². The number of carbonyl (C=O) groups is 2. The number of hydrogen-bond donors (Lipinski definition) is 0. The summed E-state index contributed by atoms with van der Waals surface area (Å²) < 4.78 is 9.96. The summed E-state index contributed by atoms with van der Waals surface area (Å²) in [5.74, 6) is -0.512. The maximum absolute atomic E-state index is 12.0. The molecular weight excluding hydrogens is 305 g/mol. The summed E-state index contributed by atoms with van der Waals surface area (Å²) in [6.07, 6.45) is -0.789. The predicted octanol–water partition coefficient (Wildman–Crippen LogP) is 2.39. The molecular formula is C13H15Cl2NO4. The molecule has 0 fully saturated rings. The number of amides is 1. The summed E-state index contributed by atoms with van der Waals surface area (Å²) in [5.41, 5.74) is 0. The molecule has 110 valence electrons. The normalized spacial score (nSPS) is 11.7. The first-order chi connectivity index (χ1) is 9.35. The van der Waals surface area contributed by atoms with Gasteiger partial charge in [0.2, 0.25) is 0 Å². The van der Waals surface area contributed by atoms with E-state index in [2.05, 4.69) is 4.74 Å². The number of hydrogen-bond acceptors (Lipinski definition) is 4. The minimum atomic E-state index is -0.789. The van der Waals surface area contributed by atoms with E-state index in [4.69, 9.17) is 27.9 Å². The van der Waals surface area contributed by atoms with E-state index in [1.165, 1.54) is 25.1 Å². The third kappa shape index (κ3) is 4.58. The van der Waals surface area contributed by atoms with Crippen LogP contribution in [-0.2, 0) is 14.3 Å². The van der Waals surface area contributed by atoms with Gasteiger partial charge in [0.1, 0.15) is 12.3 Å². The minimum absolute atomic E-state index is 0.141. The molecule has 1 amide bonds. The van der Waals surface area contributed by atoms with Crippen LogP contribution in [0.1, 0.15) is 6.92 Å². The number of esters is 1. The van der Waals surface area contributed by atoms with E-state index < -0.39 is 12.1 Å². The second kappa shape index (κ2) is 7.36. The Kier molecular flexibility index (Phi) is 6.10. The quantitative estimate of drug-likeness (QED) is 0.782. The average Bonchev–Trinajstić information content (AvgIpc) is 2.40. The van der Waals surface area contributed by atoms with Crippen molar-refractivity contribution in [1.29, 1.82) is 0 Å². The third-order valence-corrected chi connectivity index (χ3v) is 3.05. The van der Waals surface area contributed by atoms with Crippen LogP contribution in [0.25, 0.3) is 0 Å². The number of rotatable bonds is 5. The highest BCUT2D eigenvalue weighted by Crippen LogP contribution is 2.28. The lowest BCUT2D eigenvalue weighted by molar-refractivity contribution is -0.148. The lowest BCUT2D eigenvalue weighted by Crippen LogP contribution is -2.40. The van der Waals surface area contributed by atoms with E-state index in [1.54, 1.807) is 19.1 Å². The van der Waals surface area contributed by atoms with Crippen LogP contribution in [0.15, 0.2) is 18.2 Å². The molecule has 1 aromatic rings. The summed E-state index contributed by atoms with van der Waals surface area (Å²) in [5, 5.41) is 0.789. The van der Waals surface area contributed by atoms with Crippen LogP contribution in [-0.4, -0.2) is 43.6 Å². The maximum atomic E-state index is 12.0. The van der Waals surface area contributed by atoms with Gasteiger partial charge in [-0.3, -0.25) is 9.59 Å². The minimum Gasteiger partial charge on any atom is -0.479 e. The van der Waals surface area contributed by atoms with Gasteiger partial charge in [0.05, 0.1) is 12.1 Å². The van der Waals surface area contributed by atoms with E-state index >= 15 is 0 Å². The molecule has 20 heavy (non-hydrogen) atoms. The van der Waals surface area contributed by atoms with Gasteiger partial charge in [0, 0.05) is 12.1 Å². The SMILES string of the molecule is COC(=O)CN(C)C(=O)C(C)Oc1ccc(Cl)cc1Cl. The molecule has 0 aromatic heterocycles. The largest absolute Gasteiger partial charge is 0.479 e. The van der Waals surface area contributed by atoms with Crippen molar-refractivity contribution in [1.82, 2.24) is 4.90 Å². The molecule has 1 rings (SSSR count). The second-order valence-corrected chi connectivity index (χ2v) is 4.95. The summed E-state index contributed by atoms with van der Waals surface area (Å²) >= 11 is 11.7. The van der Waals surface area contributed by atoms with Crippen molar-refractivity contribution >= 4 is 35.1 Å². The summed E-state index contributed by atoms with van der Waals surface area (Å²) in [4.78, 5) is 24.3. The first-order valence-corrected chi connectivity index (χ1v) is 6.54. The highest BCUT2D eigenvalue weighted by molar-refractivity contribution is 6.35. The van der Waals surface area contributed by atoms with E-state index in [9.17, 15) is 9.59 Å². The van der Waals surface area contributed by atoms with Crippen LogP contribution in [0, 0.1) is 0 Å². The fourth-order valence-corrected chi connectivity index (χ4v) is 1.91. The molecule has 0 N–H and O–H groups in total. The molecule has 0 aliphatic carbocycles. The average molecular weight is 320 g/mol. The fourth-order valence-electron chi connectivity index (χ4n) is 1.46. The molecule has 0 aliphatic rings. The topological polar surface area (TPSA) is 55.8 Å². The molecule has 0 heterocycles. The van der Waals surface area contributed by atoms with Crippen molar-refractivity contribution in [3.05, 3.63) is 28.2 Å². The van der Waals surface area contributed by atoms with Crippen LogP contribution >= 0.6 is 23.2 Å². The Balaban J connectivity index is 2.67. The number of benzene rings is 1. The Labute approximate surface area is 127 Å². The maximum Gasteiger partial charge on any atom is 0.325 e. The van der Waals surface area contributed by atoms with Gasteiger partial charge in [-0.25, -0.2) is 0 Å². The molecule has 5 nitrogen and oxygen atoms in total. The van der Waals surface area contributed by atoms with Crippen LogP contribution in [0.4, 0.5) is 0 Å². The molecule has 0 radical (unpaired) electrons. The van der Waals surface area contributed by atoms with E-state index in [1.807, 2.05) is 0 Å². The first-order valence-electron chi connectivity index (χ1n) is 5.78. The highest BCUT2D eigenvalue weighted by atomic mass is 35.5. The van der Waals surface area contributed by atoms with Crippen molar-refractivity contribution in [2.75, 3.05) is 20.7 Å². The number of carbonyl (C=O) groups excluding carboxylic acids is 2. The second-order valence-electron chi connectivity index (χ2n) is 4.11. The number of likely N-dealkylation sites (N-methyl/N-ethyl adjacent to an activating group) is 1. The number of nitrogens with zero attached hydrogens (tertiary/aromatic N) is 1. The molecule has 0 saturated carbocycles. The van der Waals surface area contributed by atoms with Crippen LogP contribution in [0.5, 0.6) is 5.75 Å². The van der Waals surface area contributed by atoms with Crippen LogP contribution in [0.2, 0.25) is 10.0 Å². The standard InChI is InChI=1S/C13H15Cl2NO4/c1-8(13(18)16(2)7-12(17)19-3)20-11-5-4-9(14)6-10(11)15/h4-6,8H,7H2,1-3H3. The predicted molar refractivity (Wildman–Crippen MR) is 76.2 cm³/mol. The van der Waals surface area contributed by atoms with Crippen molar-refractivity contribution in [3.8, 4) is 5.75 Å². The number of methoxy groups -OCH3 is 1. The molecule has 1 atom stereocenters. The Hall–Kier alpha value is -1.46. The molecule has 0 spiro atoms. The Morgan fingerprint density at radius 2 is 2.00 bits per heavy atom. The van der Waals surface area contributed by atoms with Gasteiger partial charge in [0.25, 0.3) is 5.91 Å². The van der Waals surface area contributed by atoms with Crippen LogP contribution in [0.3, 0.4) is 0 Å². The van der Waals surface area contributed by atoms with Gasteiger partial charge in [0.15, 0.2) is 6.10 Å². The van der Waals surface area contributed by atoms with E-state index in [0.717, 1.165) is 0 Å². The van der Waals surface area contributed by atoms with E-state index in [0.29, 0.717) is 15.8 Å². The van der Waals surface area contributed by atoms with Crippen molar-refractivity contribution in [2.45, 2.75) is 13.0 Å². The van der Waals surface area contributed by atoms with Crippen molar-refractivity contribution < 1.29 is 19.1 Å². The lowest BCUT2D eigenvalue weighted by atomic mass is 10.3.